The van der Waals surface area contributed by atoms with Crippen LogP contribution in [0.5, 0.6) is 0 Å². The smallest absolute Gasteiger partial charge is 0.148 e. The molecule has 0 aromatic carbocycles. The number of fused-ring (bicyclic) bond motifs is 1. The quantitative estimate of drug-likeness (QED) is 0.737. The van der Waals surface area contributed by atoms with Gasteiger partial charge in [-0.05, 0) is 15.9 Å². The topological polar surface area (TPSA) is 106 Å². The second-order valence-corrected chi connectivity index (χ2v) is 5.31. The number of ether oxygens (including phenoxy) is 1. The van der Waals surface area contributed by atoms with Crippen LogP contribution in [0.3, 0.4) is 0 Å². The maximum Gasteiger partial charge on any atom is 0.148 e. The maximum atomic E-state index is 9.79. The largest absolute Gasteiger partial charge is 0.394 e. The van der Waals surface area contributed by atoms with Crippen LogP contribution in [0.15, 0.2) is 17.0 Å². The Morgan fingerprint density at radius 1 is 1.53 bits per heavy atom. The standard InChI is InChI=1S/C11H13BrN4O3/c12-5-2-16(8-1-6(18)7(3-17)19-8)11-9(5)10(13)14-4-15-11/h2,4,6-8,17-18H,1,3H2,(H2,13,14,15). The molecule has 3 atom stereocenters. The van der Waals surface area contributed by atoms with Crippen LogP contribution in [0, 0.1) is 0 Å². The normalized spacial score (nSPS) is 27.2. The van der Waals surface area contributed by atoms with Gasteiger partial charge in [0.1, 0.15) is 30.1 Å². The van der Waals surface area contributed by atoms with E-state index in [0.717, 1.165) is 4.47 Å². The number of aliphatic hydroxyl groups is 2. The third kappa shape index (κ3) is 2.00. The SMILES string of the molecule is Nc1ncnc2c1c(Br)cn2C1CC(O)C(CO)O1. The summed E-state index contributed by atoms with van der Waals surface area (Å²) in [6.07, 6.45) is 1.94. The minimum absolute atomic E-state index is 0.213. The Kier molecular flexibility index (Phi) is 3.17. The molecule has 0 saturated carbocycles. The van der Waals surface area contributed by atoms with Gasteiger partial charge in [0.2, 0.25) is 0 Å². The highest BCUT2D eigenvalue weighted by molar-refractivity contribution is 9.10. The zero-order valence-corrected chi connectivity index (χ0v) is 11.5. The van der Waals surface area contributed by atoms with Crippen molar-refractivity contribution in [3.8, 4) is 0 Å². The first-order valence-electron chi connectivity index (χ1n) is 5.82. The molecule has 1 aliphatic heterocycles. The van der Waals surface area contributed by atoms with Gasteiger partial charge in [-0.25, -0.2) is 9.97 Å². The third-order valence-corrected chi connectivity index (χ3v) is 3.89. The van der Waals surface area contributed by atoms with E-state index in [0.29, 0.717) is 23.3 Å². The molecule has 0 radical (unpaired) electrons. The van der Waals surface area contributed by atoms with Gasteiger partial charge in [0, 0.05) is 17.1 Å². The van der Waals surface area contributed by atoms with E-state index < -0.39 is 12.2 Å². The van der Waals surface area contributed by atoms with Crippen LogP contribution in [0.1, 0.15) is 12.6 Å². The van der Waals surface area contributed by atoms with Gasteiger partial charge in [-0.1, -0.05) is 0 Å². The Morgan fingerprint density at radius 3 is 3.00 bits per heavy atom. The van der Waals surface area contributed by atoms with E-state index in [1.807, 2.05) is 0 Å². The average Bonchev–Trinajstić information content (AvgIpc) is 2.91. The van der Waals surface area contributed by atoms with Gasteiger partial charge in [-0.3, -0.25) is 0 Å². The maximum absolute atomic E-state index is 9.79. The van der Waals surface area contributed by atoms with Crippen molar-refractivity contribution in [2.75, 3.05) is 12.3 Å². The van der Waals surface area contributed by atoms with Crippen molar-refractivity contribution in [3.05, 3.63) is 17.0 Å². The number of halogens is 1. The molecule has 3 unspecified atom stereocenters. The molecular weight excluding hydrogens is 316 g/mol. The Labute approximate surface area is 117 Å². The van der Waals surface area contributed by atoms with E-state index >= 15 is 0 Å². The number of rotatable bonds is 2. The zero-order chi connectivity index (χ0) is 13.6. The summed E-state index contributed by atoms with van der Waals surface area (Å²) in [4.78, 5) is 8.15. The molecule has 0 amide bonds. The number of hydrogen-bond donors (Lipinski definition) is 3. The fraction of sp³-hybridized carbons (Fsp3) is 0.455. The summed E-state index contributed by atoms with van der Waals surface area (Å²) in [5.41, 5.74) is 6.46. The number of nitrogens with zero attached hydrogens (tertiary/aromatic N) is 3. The molecule has 7 nitrogen and oxygen atoms in total. The minimum Gasteiger partial charge on any atom is -0.394 e. The van der Waals surface area contributed by atoms with Gasteiger partial charge < -0.3 is 25.3 Å². The predicted molar refractivity (Wildman–Crippen MR) is 71.3 cm³/mol. The highest BCUT2D eigenvalue weighted by Crippen LogP contribution is 2.35. The van der Waals surface area contributed by atoms with Crippen LogP contribution in [-0.4, -0.2) is 43.6 Å². The first kappa shape index (κ1) is 12.8. The minimum atomic E-state index is -0.689. The molecule has 0 bridgehead atoms. The molecule has 2 aromatic heterocycles. The lowest BCUT2D eigenvalue weighted by molar-refractivity contribution is -0.0430. The van der Waals surface area contributed by atoms with Crippen molar-refractivity contribution in [1.29, 1.82) is 0 Å². The molecule has 1 aliphatic rings. The summed E-state index contributed by atoms with van der Waals surface area (Å²) in [5, 5.41) is 19.6. The Hall–Kier alpha value is -1.22. The molecule has 4 N–H and O–H groups in total. The first-order valence-corrected chi connectivity index (χ1v) is 6.62. The van der Waals surface area contributed by atoms with Crippen LogP contribution in [0.4, 0.5) is 5.82 Å². The van der Waals surface area contributed by atoms with Crippen LogP contribution < -0.4 is 5.73 Å². The number of anilines is 1. The van der Waals surface area contributed by atoms with Crippen molar-refractivity contribution >= 4 is 32.8 Å². The number of nitrogens with two attached hydrogens (primary N) is 1. The van der Waals surface area contributed by atoms with Crippen molar-refractivity contribution < 1.29 is 14.9 Å². The van der Waals surface area contributed by atoms with Gasteiger partial charge in [0.15, 0.2) is 0 Å². The fourth-order valence-electron chi connectivity index (χ4n) is 2.33. The molecule has 0 spiro atoms. The summed E-state index contributed by atoms with van der Waals surface area (Å²) in [5.74, 6) is 0.382. The molecule has 19 heavy (non-hydrogen) atoms. The fourth-order valence-corrected chi connectivity index (χ4v) is 2.93. The van der Waals surface area contributed by atoms with E-state index in [4.69, 9.17) is 15.6 Å². The molecule has 3 rings (SSSR count). The molecule has 1 saturated heterocycles. The second kappa shape index (κ2) is 4.71. The molecular formula is C11H13BrN4O3. The van der Waals surface area contributed by atoms with E-state index in [1.54, 1.807) is 10.8 Å². The van der Waals surface area contributed by atoms with Gasteiger partial charge in [-0.2, -0.15) is 0 Å². The molecule has 1 fully saturated rings. The van der Waals surface area contributed by atoms with E-state index in [9.17, 15) is 5.11 Å². The second-order valence-electron chi connectivity index (χ2n) is 4.46. The summed E-state index contributed by atoms with van der Waals surface area (Å²) in [6.45, 7) is -0.213. The predicted octanol–water partition coefficient (Wildman–Crippen LogP) is 0.417. The number of aliphatic hydroxyl groups excluding tert-OH is 2. The lowest BCUT2D eigenvalue weighted by atomic mass is 10.2. The first-order chi connectivity index (χ1) is 9.11. The van der Waals surface area contributed by atoms with Crippen molar-refractivity contribution in [2.24, 2.45) is 0 Å². The van der Waals surface area contributed by atoms with Crippen molar-refractivity contribution in [3.63, 3.8) is 0 Å². The van der Waals surface area contributed by atoms with Crippen LogP contribution >= 0.6 is 15.9 Å². The Bertz CT molecular complexity index is 617. The molecule has 0 aliphatic carbocycles. The molecule has 8 heteroatoms. The van der Waals surface area contributed by atoms with Gasteiger partial charge >= 0.3 is 0 Å². The van der Waals surface area contributed by atoms with Crippen molar-refractivity contribution in [1.82, 2.24) is 14.5 Å². The monoisotopic (exact) mass is 328 g/mol. The van der Waals surface area contributed by atoms with Crippen LogP contribution in [-0.2, 0) is 4.74 Å². The highest BCUT2D eigenvalue weighted by atomic mass is 79.9. The van der Waals surface area contributed by atoms with Gasteiger partial charge in [-0.15, -0.1) is 0 Å². The third-order valence-electron chi connectivity index (χ3n) is 3.29. The van der Waals surface area contributed by atoms with E-state index in [1.165, 1.54) is 6.33 Å². The average molecular weight is 329 g/mol. The summed E-state index contributed by atoms with van der Waals surface area (Å²) in [7, 11) is 0. The molecule has 102 valence electrons. The van der Waals surface area contributed by atoms with Crippen molar-refractivity contribution in [2.45, 2.75) is 24.9 Å². The number of hydrogen-bond acceptors (Lipinski definition) is 6. The van der Waals surface area contributed by atoms with Gasteiger partial charge in [0.05, 0.1) is 18.1 Å². The Balaban J connectivity index is 2.05. The van der Waals surface area contributed by atoms with E-state index in [2.05, 4.69) is 25.9 Å². The summed E-state index contributed by atoms with van der Waals surface area (Å²) < 4.78 is 8.17. The lowest BCUT2D eigenvalue weighted by Crippen LogP contribution is -2.24. The van der Waals surface area contributed by atoms with E-state index in [-0.39, 0.29) is 12.8 Å². The number of nitrogen functional groups attached to an aromatic ring is 1. The van der Waals surface area contributed by atoms with Crippen LogP contribution in [0.2, 0.25) is 0 Å². The summed E-state index contributed by atoms with van der Waals surface area (Å²) in [6, 6.07) is 0. The Morgan fingerprint density at radius 2 is 2.32 bits per heavy atom. The van der Waals surface area contributed by atoms with Crippen LogP contribution in [0.25, 0.3) is 11.0 Å². The molecule has 3 heterocycles. The number of aromatic nitrogens is 3. The lowest BCUT2D eigenvalue weighted by Gasteiger charge is -2.14. The molecule has 2 aromatic rings. The summed E-state index contributed by atoms with van der Waals surface area (Å²) >= 11 is 3.41. The van der Waals surface area contributed by atoms with Gasteiger partial charge in [0.25, 0.3) is 0 Å². The zero-order valence-electron chi connectivity index (χ0n) is 9.90. The highest BCUT2D eigenvalue weighted by Gasteiger charge is 2.35.